The van der Waals surface area contributed by atoms with Crippen molar-refractivity contribution in [2.45, 2.75) is 49.6 Å². The van der Waals surface area contributed by atoms with Gasteiger partial charge in [-0.25, -0.2) is 8.42 Å². The summed E-state index contributed by atoms with van der Waals surface area (Å²) in [6, 6.07) is 6.95. The van der Waals surface area contributed by atoms with Gasteiger partial charge in [0, 0.05) is 12.6 Å². The standard InChI is InChI=1S/C15H21NO3S/c17-11-13-5-1-2-9-15(13)20(18,19)16-10-4-7-12-6-3-8-14(12)16/h1-2,5,9,12,14,17H,3-4,6-8,10-11H2. The van der Waals surface area contributed by atoms with Gasteiger partial charge in [0.15, 0.2) is 0 Å². The van der Waals surface area contributed by atoms with Gasteiger partial charge in [-0.2, -0.15) is 4.31 Å². The number of aliphatic hydroxyl groups is 1. The molecule has 1 aromatic carbocycles. The molecule has 0 aromatic heterocycles. The maximum Gasteiger partial charge on any atom is 0.243 e. The number of piperidine rings is 1. The molecule has 4 nitrogen and oxygen atoms in total. The molecule has 1 aliphatic heterocycles. The van der Waals surface area contributed by atoms with Gasteiger partial charge in [-0.05, 0) is 43.2 Å². The fourth-order valence-corrected chi connectivity index (χ4v) is 5.69. The van der Waals surface area contributed by atoms with E-state index in [0.717, 1.165) is 32.1 Å². The molecule has 1 aliphatic carbocycles. The van der Waals surface area contributed by atoms with E-state index in [2.05, 4.69) is 0 Å². The van der Waals surface area contributed by atoms with Gasteiger partial charge < -0.3 is 5.11 Å². The minimum absolute atomic E-state index is 0.167. The van der Waals surface area contributed by atoms with E-state index < -0.39 is 10.0 Å². The number of hydrogen-bond donors (Lipinski definition) is 1. The van der Waals surface area contributed by atoms with Crippen LogP contribution in [0.3, 0.4) is 0 Å². The lowest BCUT2D eigenvalue weighted by molar-refractivity contribution is 0.201. The third kappa shape index (κ3) is 2.28. The summed E-state index contributed by atoms with van der Waals surface area (Å²) in [5.41, 5.74) is 0.493. The van der Waals surface area contributed by atoms with E-state index in [0.29, 0.717) is 18.0 Å². The average molecular weight is 295 g/mol. The van der Waals surface area contributed by atoms with Crippen LogP contribution in [0.2, 0.25) is 0 Å². The Bertz CT molecular complexity index is 585. The van der Waals surface area contributed by atoms with Crippen LogP contribution in [0.1, 0.15) is 37.7 Å². The Hall–Kier alpha value is -0.910. The second kappa shape index (κ2) is 5.47. The Morgan fingerprint density at radius 3 is 2.70 bits per heavy atom. The number of aliphatic hydroxyl groups excluding tert-OH is 1. The molecule has 110 valence electrons. The molecule has 1 aromatic rings. The minimum Gasteiger partial charge on any atom is -0.392 e. The molecule has 1 saturated heterocycles. The Morgan fingerprint density at radius 1 is 1.15 bits per heavy atom. The lowest BCUT2D eigenvalue weighted by Crippen LogP contribution is -2.46. The van der Waals surface area contributed by atoms with Crippen LogP contribution in [0, 0.1) is 5.92 Å². The number of fused-ring (bicyclic) bond motifs is 1. The first kappa shape index (κ1) is 14.0. The van der Waals surface area contributed by atoms with Crippen LogP contribution < -0.4 is 0 Å². The van der Waals surface area contributed by atoms with Crippen molar-refractivity contribution in [2.75, 3.05) is 6.54 Å². The monoisotopic (exact) mass is 295 g/mol. The second-order valence-electron chi connectivity index (χ2n) is 5.78. The van der Waals surface area contributed by atoms with Gasteiger partial charge in [0.05, 0.1) is 11.5 Å². The summed E-state index contributed by atoms with van der Waals surface area (Å²) in [6.45, 7) is 0.376. The van der Waals surface area contributed by atoms with E-state index in [1.165, 1.54) is 0 Å². The Labute approximate surface area is 120 Å². The van der Waals surface area contributed by atoms with Crippen molar-refractivity contribution in [1.29, 1.82) is 0 Å². The fraction of sp³-hybridized carbons (Fsp3) is 0.600. The summed E-state index contributed by atoms with van der Waals surface area (Å²) in [7, 11) is -3.49. The first-order chi connectivity index (χ1) is 9.64. The number of nitrogens with zero attached hydrogens (tertiary/aromatic N) is 1. The predicted molar refractivity (Wildman–Crippen MR) is 76.6 cm³/mol. The van der Waals surface area contributed by atoms with Gasteiger partial charge in [0.1, 0.15) is 0 Å². The summed E-state index contributed by atoms with van der Waals surface area (Å²) in [5, 5.41) is 9.38. The molecule has 5 heteroatoms. The third-order valence-corrected chi connectivity index (χ3v) is 6.70. The molecule has 0 radical (unpaired) electrons. The summed E-state index contributed by atoms with van der Waals surface area (Å²) in [4.78, 5) is 0.273. The van der Waals surface area contributed by atoms with E-state index in [1.807, 2.05) is 0 Å². The maximum absolute atomic E-state index is 12.9. The zero-order valence-electron chi connectivity index (χ0n) is 11.5. The maximum atomic E-state index is 12.9. The normalized spacial score (nSPS) is 27.4. The SMILES string of the molecule is O=S(=O)(c1ccccc1CO)N1CCCC2CCCC21. The van der Waals surface area contributed by atoms with Crippen LogP contribution in [-0.4, -0.2) is 30.4 Å². The molecule has 2 aliphatic rings. The third-order valence-electron chi connectivity index (χ3n) is 4.67. The van der Waals surface area contributed by atoms with Crippen LogP contribution in [0.4, 0.5) is 0 Å². The molecule has 20 heavy (non-hydrogen) atoms. The molecule has 1 N–H and O–H groups in total. The summed E-state index contributed by atoms with van der Waals surface area (Å²) in [5.74, 6) is 0.528. The highest BCUT2D eigenvalue weighted by atomic mass is 32.2. The van der Waals surface area contributed by atoms with Gasteiger partial charge in [-0.1, -0.05) is 24.6 Å². The molecule has 2 atom stereocenters. The van der Waals surface area contributed by atoms with E-state index in [4.69, 9.17) is 0 Å². The minimum atomic E-state index is -3.49. The van der Waals surface area contributed by atoms with Crippen LogP contribution in [0.15, 0.2) is 29.2 Å². The van der Waals surface area contributed by atoms with E-state index >= 15 is 0 Å². The number of benzene rings is 1. The smallest absolute Gasteiger partial charge is 0.243 e. The quantitative estimate of drug-likeness (QED) is 0.929. The van der Waals surface area contributed by atoms with Crippen LogP contribution in [0.25, 0.3) is 0 Å². The molecule has 2 unspecified atom stereocenters. The van der Waals surface area contributed by atoms with Crippen molar-refractivity contribution < 1.29 is 13.5 Å². The Balaban J connectivity index is 1.98. The van der Waals surface area contributed by atoms with E-state index in [-0.39, 0.29) is 17.5 Å². The molecular weight excluding hydrogens is 274 g/mol. The average Bonchev–Trinajstić information content (AvgIpc) is 2.95. The molecule has 3 rings (SSSR count). The molecule has 0 spiro atoms. The number of hydrogen-bond acceptors (Lipinski definition) is 3. The topological polar surface area (TPSA) is 57.6 Å². The zero-order chi connectivity index (χ0) is 14.2. The predicted octanol–water partition coefficient (Wildman–Crippen LogP) is 2.13. The Kier molecular flexibility index (Phi) is 3.84. The highest BCUT2D eigenvalue weighted by Gasteiger charge is 2.41. The molecule has 2 fully saturated rings. The van der Waals surface area contributed by atoms with E-state index in [9.17, 15) is 13.5 Å². The molecule has 0 amide bonds. The van der Waals surface area contributed by atoms with Gasteiger partial charge in [-0.15, -0.1) is 0 Å². The first-order valence-electron chi connectivity index (χ1n) is 7.35. The fourth-order valence-electron chi connectivity index (χ4n) is 3.72. The highest BCUT2D eigenvalue weighted by Crippen LogP contribution is 2.39. The summed E-state index contributed by atoms with van der Waals surface area (Å²) < 4.78 is 27.5. The van der Waals surface area contributed by atoms with Crippen molar-refractivity contribution in [1.82, 2.24) is 4.31 Å². The second-order valence-corrected chi connectivity index (χ2v) is 7.64. The lowest BCUT2D eigenvalue weighted by atomic mass is 9.94. The van der Waals surface area contributed by atoms with Crippen molar-refractivity contribution in [3.8, 4) is 0 Å². The molecular formula is C15H21NO3S. The van der Waals surface area contributed by atoms with Crippen molar-refractivity contribution in [2.24, 2.45) is 5.92 Å². The van der Waals surface area contributed by atoms with Crippen molar-refractivity contribution >= 4 is 10.0 Å². The molecule has 0 bridgehead atoms. The van der Waals surface area contributed by atoms with Crippen LogP contribution in [-0.2, 0) is 16.6 Å². The number of sulfonamides is 1. The zero-order valence-corrected chi connectivity index (χ0v) is 12.3. The molecule has 1 saturated carbocycles. The summed E-state index contributed by atoms with van der Waals surface area (Å²) >= 11 is 0. The number of rotatable bonds is 3. The van der Waals surface area contributed by atoms with E-state index in [1.54, 1.807) is 28.6 Å². The van der Waals surface area contributed by atoms with Crippen LogP contribution >= 0.6 is 0 Å². The van der Waals surface area contributed by atoms with Crippen molar-refractivity contribution in [3.05, 3.63) is 29.8 Å². The molecule has 1 heterocycles. The van der Waals surface area contributed by atoms with Crippen molar-refractivity contribution in [3.63, 3.8) is 0 Å². The summed E-state index contributed by atoms with van der Waals surface area (Å²) in [6.07, 6.45) is 5.35. The van der Waals surface area contributed by atoms with Gasteiger partial charge in [-0.3, -0.25) is 0 Å². The largest absolute Gasteiger partial charge is 0.392 e. The van der Waals surface area contributed by atoms with Gasteiger partial charge in [0.2, 0.25) is 10.0 Å². The first-order valence-corrected chi connectivity index (χ1v) is 8.79. The van der Waals surface area contributed by atoms with Gasteiger partial charge in [0.25, 0.3) is 0 Å². The van der Waals surface area contributed by atoms with Crippen LogP contribution in [0.5, 0.6) is 0 Å². The van der Waals surface area contributed by atoms with Gasteiger partial charge >= 0.3 is 0 Å². The lowest BCUT2D eigenvalue weighted by Gasteiger charge is -2.37. The highest BCUT2D eigenvalue weighted by molar-refractivity contribution is 7.89. The Morgan fingerprint density at radius 2 is 1.90 bits per heavy atom.